The van der Waals surface area contributed by atoms with Gasteiger partial charge in [0.05, 0.1) is 12.2 Å². The molecular weight excluding hydrogens is 371 g/mol. The van der Waals surface area contributed by atoms with Gasteiger partial charge in [-0.1, -0.05) is 48.5 Å². The average molecular weight is 392 g/mol. The minimum atomic E-state index is -1.01. The lowest BCUT2D eigenvalue weighted by atomic mass is 10.0. The van der Waals surface area contributed by atoms with E-state index in [1.807, 2.05) is 13.0 Å². The van der Waals surface area contributed by atoms with E-state index in [1.165, 1.54) is 12.1 Å². The van der Waals surface area contributed by atoms with Crippen LogP contribution >= 0.6 is 0 Å². The Balaban J connectivity index is 1.86. The summed E-state index contributed by atoms with van der Waals surface area (Å²) in [5.41, 5.74) is 2.32. The van der Waals surface area contributed by atoms with Crippen molar-refractivity contribution in [3.63, 3.8) is 0 Å². The molecule has 4 nitrogen and oxygen atoms in total. The highest BCUT2D eigenvalue weighted by atomic mass is 19.1. The molecule has 3 rings (SSSR count). The number of carboxylic acids is 1. The molecule has 3 aromatic carbocycles. The van der Waals surface area contributed by atoms with Crippen molar-refractivity contribution in [3.8, 4) is 11.5 Å². The van der Waals surface area contributed by atoms with Crippen LogP contribution < -0.4 is 9.47 Å². The van der Waals surface area contributed by atoms with Crippen molar-refractivity contribution in [3.05, 3.63) is 95.3 Å². The van der Waals surface area contributed by atoms with Crippen LogP contribution in [0, 0.1) is 5.82 Å². The van der Waals surface area contributed by atoms with E-state index in [-0.39, 0.29) is 18.0 Å². The standard InChI is InChI=1S/C24H21FO4/c1-2-28-23-15-18(14-21(24(26)27)19-6-4-3-5-7-19)10-13-22(23)29-16-17-8-11-20(25)12-9-17/h3-15H,2,16H2,1H3,(H,26,27)/b21-14-. The second-order valence-electron chi connectivity index (χ2n) is 6.28. The molecule has 0 aliphatic heterocycles. The molecule has 1 N–H and O–H groups in total. The number of carboxylic acid groups (broad SMARTS) is 1. The van der Waals surface area contributed by atoms with Gasteiger partial charge in [-0.3, -0.25) is 0 Å². The van der Waals surface area contributed by atoms with Gasteiger partial charge in [0, 0.05) is 0 Å². The van der Waals surface area contributed by atoms with Gasteiger partial charge < -0.3 is 14.6 Å². The number of aliphatic carboxylic acids is 1. The van der Waals surface area contributed by atoms with E-state index >= 15 is 0 Å². The molecule has 0 saturated carbocycles. The predicted molar refractivity (Wildman–Crippen MR) is 110 cm³/mol. The Morgan fingerprint density at radius 2 is 1.69 bits per heavy atom. The molecule has 0 saturated heterocycles. The largest absolute Gasteiger partial charge is 0.490 e. The molecule has 0 unspecified atom stereocenters. The van der Waals surface area contributed by atoms with Crippen LogP contribution in [0.25, 0.3) is 11.6 Å². The summed E-state index contributed by atoms with van der Waals surface area (Å²) in [6.07, 6.45) is 1.60. The summed E-state index contributed by atoms with van der Waals surface area (Å²) >= 11 is 0. The lowest BCUT2D eigenvalue weighted by Crippen LogP contribution is -2.01. The van der Waals surface area contributed by atoms with Crippen LogP contribution in [-0.4, -0.2) is 17.7 Å². The highest BCUT2D eigenvalue weighted by Crippen LogP contribution is 2.31. The Morgan fingerprint density at radius 1 is 0.966 bits per heavy atom. The maximum absolute atomic E-state index is 13.0. The molecule has 0 aliphatic rings. The van der Waals surface area contributed by atoms with Crippen LogP contribution in [0.1, 0.15) is 23.6 Å². The van der Waals surface area contributed by atoms with Gasteiger partial charge in [0.25, 0.3) is 0 Å². The molecule has 29 heavy (non-hydrogen) atoms. The van der Waals surface area contributed by atoms with E-state index in [0.717, 1.165) is 5.56 Å². The van der Waals surface area contributed by atoms with E-state index in [9.17, 15) is 14.3 Å². The summed E-state index contributed by atoms with van der Waals surface area (Å²) < 4.78 is 24.5. The van der Waals surface area contributed by atoms with Crippen LogP contribution in [0.2, 0.25) is 0 Å². The molecule has 0 bridgehead atoms. The third kappa shape index (κ3) is 5.45. The Kier molecular flexibility index (Phi) is 6.63. The smallest absolute Gasteiger partial charge is 0.336 e. The maximum atomic E-state index is 13.0. The SMILES string of the molecule is CCOc1cc(/C=C(\C(=O)O)c2ccccc2)ccc1OCc1ccc(F)cc1. The highest BCUT2D eigenvalue weighted by Gasteiger charge is 2.12. The fourth-order valence-electron chi connectivity index (χ4n) is 2.80. The fourth-order valence-corrected chi connectivity index (χ4v) is 2.80. The van der Waals surface area contributed by atoms with E-state index < -0.39 is 5.97 Å². The van der Waals surface area contributed by atoms with E-state index in [4.69, 9.17) is 9.47 Å². The van der Waals surface area contributed by atoms with E-state index in [2.05, 4.69) is 0 Å². The summed E-state index contributed by atoms with van der Waals surface area (Å²) in [5, 5.41) is 9.59. The number of ether oxygens (including phenoxy) is 2. The molecule has 0 amide bonds. The van der Waals surface area contributed by atoms with Crippen molar-refractivity contribution >= 4 is 17.6 Å². The van der Waals surface area contributed by atoms with Crippen LogP contribution in [0.5, 0.6) is 11.5 Å². The zero-order chi connectivity index (χ0) is 20.6. The van der Waals surface area contributed by atoms with Crippen LogP contribution in [-0.2, 0) is 11.4 Å². The minimum absolute atomic E-state index is 0.188. The van der Waals surface area contributed by atoms with Crippen molar-refractivity contribution in [1.82, 2.24) is 0 Å². The van der Waals surface area contributed by atoms with Crippen molar-refractivity contribution in [2.75, 3.05) is 6.61 Å². The van der Waals surface area contributed by atoms with Gasteiger partial charge in [-0.05, 0) is 54.0 Å². The molecule has 5 heteroatoms. The third-order valence-corrected chi connectivity index (χ3v) is 4.20. The Morgan fingerprint density at radius 3 is 2.34 bits per heavy atom. The third-order valence-electron chi connectivity index (χ3n) is 4.20. The number of benzene rings is 3. The second kappa shape index (κ2) is 9.55. The van der Waals surface area contributed by atoms with E-state index in [0.29, 0.717) is 29.2 Å². The van der Waals surface area contributed by atoms with Crippen molar-refractivity contribution < 1.29 is 23.8 Å². The minimum Gasteiger partial charge on any atom is -0.490 e. The lowest BCUT2D eigenvalue weighted by molar-refractivity contribution is -0.130. The summed E-state index contributed by atoms with van der Waals surface area (Å²) in [7, 11) is 0. The molecule has 0 spiro atoms. The summed E-state index contributed by atoms with van der Waals surface area (Å²) in [4.78, 5) is 11.7. The number of halogens is 1. The van der Waals surface area contributed by atoms with E-state index in [1.54, 1.807) is 60.7 Å². The highest BCUT2D eigenvalue weighted by molar-refractivity contribution is 6.20. The summed E-state index contributed by atoms with van der Waals surface area (Å²) in [5.74, 6) is -0.260. The first-order valence-corrected chi connectivity index (χ1v) is 9.21. The number of rotatable bonds is 8. The number of hydrogen-bond donors (Lipinski definition) is 1. The molecule has 148 valence electrons. The topological polar surface area (TPSA) is 55.8 Å². The van der Waals surface area contributed by atoms with Gasteiger partial charge in [-0.25, -0.2) is 9.18 Å². The summed E-state index contributed by atoms with van der Waals surface area (Å²) in [6.45, 7) is 2.56. The van der Waals surface area contributed by atoms with Crippen molar-refractivity contribution in [1.29, 1.82) is 0 Å². The van der Waals surface area contributed by atoms with Gasteiger partial charge in [0.1, 0.15) is 12.4 Å². The zero-order valence-corrected chi connectivity index (χ0v) is 16.0. The molecular formula is C24H21FO4. The quantitative estimate of drug-likeness (QED) is 0.410. The second-order valence-corrected chi connectivity index (χ2v) is 6.28. The lowest BCUT2D eigenvalue weighted by Gasteiger charge is -2.13. The fraction of sp³-hybridized carbons (Fsp3) is 0.125. The molecule has 0 aromatic heterocycles. The van der Waals surface area contributed by atoms with Crippen LogP contribution in [0.15, 0.2) is 72.8 Å². The zero-order valence-electron chi connectivity index (χ0n) is 16.0. The van der Waals surface area contributed by atoms with Gasteiger partial charge in [-0.15, -0.1) is 0 Å². The molecule has 0 fully saturated rings. The Hall–Kier alpha value is -3.60. The van der Waals surface area contributed by atoms with Gasteiger partial charge in [-0.2, -0.15) is 0 Å². The van der Waals surface area contributed by atoms with Crippen molar-refractivity contribution in [2.45, 2.75) is 13.5 Å². The number of hydrogen-bond acceptors (Lipinski definition) is 3. The first-order chi connectivity index (χ1) is 14.1. The molecule has 3 aromatic rings. The Bertz CT molecular complexity index is 995. The van der Waals surface area contributed by atoms with Crippen LogP contribution in [0.4, 0.5) is 4.39 Å². The molecule has 0 atom stereocenters. The summed E-state index contributed by atoms with van der Waals surface area (Å²) in [6, 6.07) is 20.3. The first-order valence-electron chi connectivity index (χ1n) is 9.21. The van der Waals surface area contributed by atoms with Gasteiger partial charge >= 0.3 is 5.97 Å². The van der Waals surface area contributed by atoms with Crippen LogP contribution in [0.3, 0.4) is 0 Å². The first kappa shape index (κ1) is 20.1. The predicted octanol–water partition coefficient (Wildman–Crippen LogP) is 5.43. The monoisotopic (exact) mass is 392 g/mol. The van der Waals surface area contributed by atoms with Gasteiger partial charge in [0.2, 0.25) is 0 Å². The Labute approximate surface area is 168 Å². The molecule has 0 radical (unpaired) electrons. The van der Waals surface area contributed by atoms with Crippen molar-refractivity contribution in [2.24, 2.45) is 0 Å². The molecule has 0 heterocycles. The normalized spacial score (nSPS) is 11.2. The average Bonchev–Trinajstić information content (AvgIpc) is 2.73. The number of carbonyl (C=O) groups is 1. The molecule has 0 aliphatic carbocycles. The van der Waals surface area contributed by atoms with Gasteiger partial charge in [0.15, 0.2) is 11.5 Å². The maximum Gasteiger partial charge on any atom is 0.336 e.